The van der Waals surface area contributed by atoms with E-state index >= 15 is 0 Å². The van der Waals surface area contributed by atoms with Crippen molar-refractivity contribution in [3.63, 3.8) is 0 Å². The molecule has 0 aromatic heterocycles. The maximum Gasteiger partial charge on any atom is 0.240 e. The number of hydrogen-bond donors (Lipinski definition) is 2. The molecule has 9 heteroatoms. The highest BCUT2D eigenvalue weighted by molar-refractivity contribution is 7.89. The number of hydrogen-bond acceptors (Lipinski definition) is 5. The van der Waals surface area contributed by atoms with Crippen molar-refractivity contribution in [2.24, 2.45) is 0 Å². The second kappa shape index (κ2) is 8.67. The van der Waals surface area contributed by atoms with Crippen LogP contribution in [0.15, 0.2) is 29.2 Å². The summed E-state index contributed by atoms with van der Waals surface area (Å²) >= 11 is 0. The van der Waals surface area contributed by atoms with E-state index in [-0.39, 0.29) is 35.3 Å². The Morgan fingerprint density at radius 1 is 1.27 bits per heavy atom. The second-order valence-corrected chi connectivity index (χ2v) is 8.48. The van der Waals surface area contributed by atoms with Gasteiger partial charge >= 0.3 is 0 Å². The molecule has 2 aliphatic heterocycles. The average molecular weight is 404 g/mol. The first-order chi connectivity index (χ1) is 12.0. The molecule has 1 amide bonds. The topological polar surface area (TPSA) is 87.7 Å². The van der Waals surface area contributed by atoms with E-state index in [0.29, 0.717) is 19.6 Å². The van der Waals surface area contributed by atoms with E-state index in [4.69, 9.17) is 4.74 Å². The van der Waals surface area contributed by atoms with Crippen LogP contribution in [-0.4, -0.2) is 53.2 Å². The number of carbonyl (C=O) groups is 1. The molecule has 0 spiro atoms. The van der Waals surface area contributed by atoms with Crippen molar-refractivity contribution in [1.29, 1.82) is 0 Å². The van der Waals surface area contributed by atoms with E-state index in [1.54, 1.807) is 36.3 Å². The van der Waals surface area contributed by atoms with Gasteiger partial charge in [0.15, 0.2) is 0 Å². The predicted octanol–water partition coefficient (Wildman–Crippen LogP) is 1.28. The summed E-state index contributed by atoms with van der Waals surface area (Å²) in [6.07, 6.45) is 3.27. The third-order valence-corrected chi connectivity index (χ3v) is 6.30. The monoisotopic (exact) mass is 403 g/mol. The Morgan fingerprint density at radius 2 is 2.00 bits per heavy atom. The van der Waals surface area contributed by atoms with Crippen LogP contribution < -0.4 is 14.9 Å². The molecule has 0 radical (unpaired) electrons. The summed E-state index contributed by atoms with van der Waals surface area (Å²) < 4.78 is 33.1. The van der Waals surface area contributed by atoms with Gasteiger partial charge in [-0.05, 0) is 50.1 Å². The fourth-order valence-corrected chi connectivity index (χ4v) is 4.64. The Bertz CT molecular complexity index is 718. The molecule has 2 N–H and O–H groups in total. The van der Waals surface area contributed by atoms with Crippen LogP contribution >= 0.6 is 12.4 Å². The molecular formula is C17H26ClN3O4S. The molecule has 1 aromatic carbocycles. The molecule has 1 atom stereocenters. The van der Waals surface area contributed by atoms with Gasteiger partial charge in [-0.15, -0.1) is 12.4 Å². The molecular weight excluding hydrogens is 378 g/mol. The molecule has 1 aromatic rings. The van der Waals surface area contributed by atoms with Crippen molar-refractivity contribution in [3.8, 4) is 0 Å². The first-order valence-electron chi connectivity index (χ1n) is 8.60. The zero-order valence-corrected chi connectivity index (χ0v) is 16.5. The summed E-state index contributed by atoms with van der Waals surface area (Å²) in [7, 11) is -1.99. The minimum Gasteiger partial charge on any atom is -0.383 e. The number of anilines is 1. The third-order valence-electron chi connectivity index (χ3n) is 4.89. The van der Waals surface area contributed by atoms with E-state index in [9.17, 15) is 13.2 Å². The Morgan fingerprint density at radius 3 is 2.54 bits per heavy atom. The predicted molar refractivity (Wildman–Crippen MR) is 102 cm³/mol. The number of amides is 1. The van der Waals surface area contributed by atoms with Gasteiger partial charge in [0.05, 0.1) is 17.0 Å². The number of ether oxygens (including phenoxy) is 1. The summed E-state index contributed by atoms with van der Waals surface area (Å²) in [5.74, 6) is 0.0857. The van der Waals surface area contributed by atoms with Crippen molar-refractivity contribution in [1.82, 2.24) is 10.0 Å². The maximum absolute atomic E-state index is 12.6. The van der Waals surface area contributed by atoms with Crippen molar-refractivity contribution in [2.75, 3.05) is 38.3 Å². The Balaban J connectivity index is 0.00000243. The summed E-state index contributed by atoms with van der Waals surface area (Å²) in [6.45, 7) is 2.30. The van der Waals surface area contributed by atoms with Crippen LogP contribution in [0.25, 0.3) is 0 Å². The largest absolute Gasteiger partial charge is 0.383 e. The van der Waals surface area contributed by atoms with E-state index < -0.39 is 10.0 Å². The minimum absolute atomic E-state index is 0. The second-order valence-electron chi connectivity index (χ2n) is 6.71. The van der Waals surface area contributed by atoms with Crippen molar-refractivity contribution in [2.45, 2.75) is 36.1 Å². The Hall–Kier alpha value is -1.19. The van der Waals surface area contributed by atoms with E-state index in [1.807, 2.05) is 0 Å². The van der Waals surface area contributed by atoms with E-state index in [0.717, 1.165) is 31.5 Å². The van der Waals surface area contributed by atoms with Gasteiger partial charge in [-0.2, -0.15) is 0 Å². The summed E-state index contributed by atoms with van der Waals surface area (Å²) in [6, 6.07) is 6.48. The fourth-order valence-electron chi connectivity index (χ4n) is 3.51. The minimum atomic E-state index is -3.61. The number of methoxy groups -OCH3 is 1. The average Bonchev–Trinajstić information content (AvgIpc) is 3.23. The van der Waals surface area contributed by atoms with Crippen molar-refractivity contribution >= 4 is 34.0 Å². The van der Waals surface area contributed by atoms with Crippen LogP contribution in [-0.2, 0) is 19.6 Å². The van der Waals surface area contributed by atoms with E-state index in [2.05, 4.69) is 10.0 Å². The van der Waals surface area contributed by atoms with Gasteiger partial charge < -0.3 is 15.0 Å². The maximum atomic E-state index is 12.6. The molecule has 1 unspecified atom stereocenters. The number of halogens is 1. The first kappa shape index (κ1) is 21.1. The third kappa shape index (κ3) is 4.55. The van der Waals surface area contributed by atoms with Crippen LogP contribution in [0.2, 0.25) is 0 Å². The molecule has 146 valence electrons. The molecule has 2 saturated heterocycles. The molecule has 2 heterocycles. The van der Waals surface area contributed by atoms with Gasteiger partial charge in [0, 0.05) is 32.3 Å². The highest BCUT2D eigenvalue weighted by atomic mass is 35.5. The van der Waals surface area contributed by atoms with Crippen LogP contribution in [0.5, 0.6) is 0 Å². The zero-order valence-electron chi connectivity index (χ0n) is 14.9. The molecule has 2 fully saturated rings. The lowest BCUT2D eigenvalue weighted by molar-refractivity contribution is -0.117. The smallest absolute Gasteiger partial charge is 0.240 e. The van der Waals surface area contributed by atoms with Crippen molar-refractivity contribution < 1.29 is 17.9 Å². The lowest BCUT2D eigenvalue weighted by Gasteiger charge is -2.28. The molecule has 2 aliphatic rings. The lowest BCUT2D eigenvalue weighted by Crippen LogP contribution is -2.52. The van der Waals surface area contributed by atoms with Crippen LogP contribution in [0.3, 0.4) is 0 Å². The summed E-state index contributed by atoms with van der Waals surface area (Å²) in [5, 5.41) is 3.35. The highest BCUT2D eigenvalue weighted by Crippen LogP contribution is 2.24. The number of sulfonamides is 1. The fraction of sp³-hybridized carbons (Fsp3) is 0.588. The van der Waals surface area contributed by atoms with Gasteiger partial charge in [-0.3, -0.25) is 4.79 Å². The quantitative estimate of drug-likeness (QED) is 0.716. The first-order valence-corrected chi connectivity index (χ1v) is 10.1. The molecule has 0 aliphatic carbocycles. The normalized spacial score (nSPS) is 23.3. The van der Waals surface area contributed by atoms with Crippen LogP contribution in [0.4, 0.5) is 5.69 Å². The van der Waals surface area contributed by atoms with Crippen molar-refractivity contribution in [3.05, 3.63) is 24.3 Å². The molecule has 0 saturated carbocycles. The van der Waals surface area contributed by atoms with Gasteiger partial charge in [0.1, 0.15) is 0 Å². The van der Waals surface area contributed by atoms with Gasteiger partial charge in [-0.25, -0.2) is 13.1 Å². The number of nitrogens with zero attached hydrogens (tertiary/aromatic N) is 1. The SMILES string of the molecule is COCC1(CNS(=O)(=O)c2ccc(N3CCCC3=O)cc2)CCCN1.Cl. The van der Waals surface area contributed by atoms with Gasteiger partial charge in [0.25, 0.3) is 0 Å². The number of nitrogens with one attached hydrogen (secondary N) is 2. The molecule has 26 heavy (non-hydrogen) atoms. The number of carbonyl (C=O) groups excluding carboxylic acids is 1. The van der Waals surface area contributed by atoms with E-state index in [1.165, 1.54) is 0 Å². The highest BCUT2D eigenvalue weighted by Gasteiger charge is 2.34. The summed E-state index contributed by atoms with van der Waals surface area (Å²) in [4.78, 5) is 13.7. The number of rotatable bonds is 7. The summed E-state index contributed by atoms with van der Waals surface area (Å²) in [5.41, 5.74) is 0.402. The molecule has 0 bridgehead atoms. The molecule has 3 rings (SSSR count). The van der Waals surface area contributed by atoms with Gasteiger partial charge in [-0.1, -0.05) is 0 Å². The van der Waals surface area contributed by atoms with Crippen LogP contribution in [0.1, 0.15) is 25.7 Å². The Kier molecular flexibility index (Phi) is 7.04. The zero-order chi connectivity index (χ0) is 17.9. The molecule has 7 nitrogen and oxygen atoms in total. The van der Waals surface area contributed by atoms with Gasteiger partial charge in [0.2, 0.25) is 15.9 Å². The standard InChI is InChI=1S/C17H25N3O4S.ClH/c1-24-13-17(9-3-10-18-17)12-19-25(22,23)15-7-5-14(6-8-15)20-11-2-4-16(20)21;/h5-8,18-19H,2-4,9-13H2,1H3;1H. The van der Waals surface area contributed by atoms with Crippen LogP contribution in [0, 0.1) is 0 Å². The number of benzene rings is 1. The lowest BCUT2D eigenvalue weighted by atomic mass is 9.99. The Labute approximate surface area is 160 Å².